The van der Waals surface area contributed by atoms with Gasteiger partial charge < -0.3 is 5.73 Å². The van der Waals surface area contributed by atoms with Crippen LogP contribution >= 0.6 is 23.7 Å². The lowest BCUT2D eigenvalue weighted by molar-refractivity contribution is 1.43. The van der Waals surface area contributed by atoms with Gasteiger partial charge in [-0.25, -0.2) is 0 Å². The SMILES string of the molecule is Cc1c(C(=N)N)sc2ccccc12.Cl. The summed E-state index contributed by atoms with van der Waals surface area (Å²) in [6.45, 7) is 2.01. The zero-order chi connectivity index (χ0) is 9.42. The van der Waals surface area contributed by atoms with E-state index in [1.54, 1.807) is 11.3 Å². The van der Waals surface area contributed by atoms with Gasteiger partial charge in [-0.05, 0) is 23.9 Å². The number of thiophene rings is 1. The van der Waals surface area contributed by atoms with Crippen molar-refractivity contribution in [3.8, 4) is 0 Å². The summed E-state index contributed by atoms with van der Waals surface area (Å²) in [5, 5.41) is 8.60. The minimum atomic E-state index is 0. The first-order valence-electron chi connectivity index (χ1n) is 4.02. The van der Waals surface area contributed by atoms with Gasteiger partial charge in [0.25, 0.3) is 0 Å². The summed E-state index contributed by atoms with van der Waals surface area (Å²) < 4.78 is 1.20. The smallest absolute Gasteiger partial charge is 0.133 e. The van der Waals surface area contributed by atoms with Gasteiger partial charge in [0.1, 0.15) is 5.84 Å². The van der Waals surface area contributed by atoms with Gasteiger partial charge in [-0.15, -0.1) is 23.7 Å². The van der Waals surface area contributed by atoms with Crippen LogP contribution in [0.3, 0.4) is 0 Å². The standard InChI is InChI=1S/C10H10N2S.ClH/c1-6-7-4-2-3-5-8(7)13-9(6)10(11)12;/h2-5H,1H3,(H3,11,12);1H. The van der Waals surface area contributed by atoms with Crippen molar-refractivity contribution in [1.29, 1.82) is 5.41 Å². The lowest BCUT2D eigenvalue weighted by Gasteiger charge is -1.93. The highest BCUT2D eigenvalue weighted by Crippen LogP contribution is 2.29. The number of fused-ring (bicyclic) bond motifs is 1. The molecule has 4 heteroatoms. The second kappa shape index (κ2) is 3.98. The number of amidine groups is 1. The Hall–Kier alpha value is -1.06. The first-order valence-corrected chi connectivity index (χ1v) is 4.84. The van der Waals surface area contributed by atoms with Crippen molar-refractivity contribution in [1.82, 2.24) is 0 Å². The number of nitrogen functional groups attached to an aromatic ring is 1. The van der Waals surface area contributed by atoms with Crippen LogP contribution in [0.25, 0.3) is 10.1 Å². The van der Waals surface area contributed by atoms with Gasteiger partial charge >= 0.3 is 0 Å². The van der Waals surface area contributed by atoms with Gasteiger partial charge in [-0.3, -0.25) is 5.41 Å². The maximum atomic E-state index is 7.40. The third-order valence-corrected chi connectivity index (χ3v) is 3.39. The predicted molar refractivity (Wildman–Crippen MR) is 64.8 cm³/mol. The Morgan fingerprint density at radius 3 is 2.57 bits per heavy atom. The summed E-state index contributed by atoms with van der Waals surface area (Å²) in [5.74, 6) is 0.165. The molecule has 0 spiro atoms. The molecule has 2 nitrogen and oxygen atoms in total. The maximum Gasteiger partial charge on any atom is 0.133 e. The summed E-state index contributed by atoms with van der Waals surface area (Å²) in [6, 6.07) is 8.13. The van der Waals surface area contributed by atoms with Crippen molar-refractivity contribution in [2.75, 3.05) is 0 Å². The number of nitrogens with two attached hydrogens (primary N) is 1. The first-order chi connectivity index (χ1) is 6.20. The molecule has 14 heavy (non-hydrogen) atoms. The summed E-state index contributed by atoms with van der Waals surface area (Å²) in [6.07, 6.45) is 0. The van der Waals surface area contributed by atoms with Crippen molar-refractivity contribution in [3.05, 3.63) is 34.7 Å². The quantitative estimate of drug-likeness (QED) is 0.570. The van der Waals surface area contributed by atoms with E-state index >= 15 is 0 Å². The second-order valence-corrected chi connectivity index (χ2v) is 4.02. The molecule has 0 unspecified atom stereocenters. The number of aryl methyl sites for hydroxylation is 1. The van der Waals surface area contributed by atoms with Crippen LogP contribution in [0.1, 0.15) is 10.4 Å². The molecule has 0 atom stereocenters. The van der Waals surface area contributed by atoms with E-state index in [9.17, 15) is 0 Å². The molecule has 0 aliphatic rings. The average Bonchev–Trinajstić information content (AvgIpc) is 2.45. The summed E-state index contributed by atoms with van der Waals surface area (Å²) in [5.41, 5.74) is 6.59. The Bertz CT molecular complexity index is 476. The van der Waals surface area contributed by atoms with Crippen LogP contribution in [0.15, 0.2) is 24.3 Å². The highest BCUT2D eigenvalue weighted by Gasteiger charge is 2.08. The Balaban J connectivity index is 0.000000980. The molecule has 1 heterocycles. The van der Waals surface area contributed by atoms with Crippen LogP contribution in [0.4, 0.5) is 0 Å². The molecule has 1 aromatic carbocycles. The molecule has 2 aromatic rings. The monoisotopic (exact) mass is 226 g/mol. The molecular formula is C10H11ClN2S. The van der Waals surface area contributed by atoms with Crippen LogP contribution in [0.2, 0.25) is 0 Å². The molecule has 0 aliphatic carbocycles. The molecular weight excluding hydrogens is 216 g/mol. The Labute approximate surface area is 92.7 Å². The van der Waals surface area contributed by atoms with Crippen LogP contribution in [0, 0.1) is 12.3 Å². The lowest BCUT2D eigenvalue weighted by Crippen LogP contribution is -2.09. The molecule has 0 fully saturated rings. The second-order valence-electron chi connectivity index (χ2n) is 2.97. The number of rotatable bonds is 1. The van der Waals surface area contributed by atoms with Crippen molar-refractivity contribution in [3.63, 3.8) is 0 Å². The lowest BCUT2D eigenvalue weighted by atomic mass is 10.1. The summed E-state index contributed by atoms with van der Waals surface area (Å²) >= 11 is 1.58. The van der Waals surface area contributed by atoms with Gasteiger partial charge in [0.2, 0.25) is 0 Å². The van der Waals surface area contributed by atoms with Crippen LogP contribution in [-0.4, -0.2) is 5.84 Å². The third-order valence-electron chi connectivity index (χ3n) is 2.09. The van der Waals surface area contributed by atoms with Crippen LogP contribution in [-0.2, 0) is 0 Å². The van der Waals surface area contributed by atoms with Crippen LogP contribution in [0.5, 0.6) is 0 Å². The number of hydrogen-bond donors (Lipinski definition) is 2. The molecule has 0 bridgehead atoms. The molecule has 1 aromatic heterocycles. The van der Waals surface area contributed by atoms with Crippen molar-refractivity contribution in [2.24, 2.45) is 5.73 Å². The van der Waals surface area contributed by atoms with E-state index < -0.39 is 0 Å². The van der Waals surface area contributed by atoms with E-state index in [2.05, 4.69) is 12.1 Å². The largest absolute Gasteiger partial charge is 0.383 e. The zero-order valence-corrected chi connectivity index (χ0v) is 9.34. The van der Waals surface area contributed by atoms with E-state index in [0.717, 1.165) is 10.4 Å². The highest BCUT2D eigenvalue weighted by molar-refractivity contribution is 7.21. The van der Waals surface area contributed by atoms with Crippen LogP contribution < -0.4 is 5.73 Å². The van der Waals surface area contributed by atoms with E-state index in [4.69, 9.17) is 11.1 Å². The fourth-order valence-corrected chi connectivity index (χ4v) is 2.50. The zero-order valence-electron chi connectivity index (χ0n) is 7.70. The minimum Gasteiger partial charge on any atom is -0.383 e. The molecule has 74 valence electrons. The van der Waals surface area contributed by atoms with Gasteiger partial charge in [0.15, 0.2) is 0 Å². The number of benzene rings is 1. The topological polar surface area (TPSA) is 49.9 Å². The number of hydrogen-bond acceptors (Lipinski definition) is 2. The van der Waals surface area contributed by atoms with Gasteiger partial charge in [-0.2, -0.15) is 0 Å². The van der Waals surface area contributed by atoms with E-state index in [1.807, 2.05) is 19.1 Å². The van der Waals surface area contributed by atoms with Gasteiger partial charge in [0, 0.05) is 4.70 Å². The number of halogens is 1. The minimum absolute atomic E-state index is 0. The highest BCUT2D eigenvalue weighted by atomic mass is 35.5. The van der Waals surface area contributed by atoms with Gasteiger partial charge in [-0.1, -0.05) is 18.2 Å². The van der Waals surface area contributed by atoms with Gasteiger partial charge in [0.05, 0.1) is 4.88 Å². The summed E-state index contributed by atoms with van der Waals surface area (Å²) in [7, 11) is 0. The molecule has 0 saturated carbocycles. The number of nitrogens with one attached hydrogen (secondary N) is 1. The molecule has 0 aliphatic heterocycles. The fraction of sp³-hybridized carbons (Fsp3) is 0.100. The Kier molecular flexibility index (Phi) is 3.13. The van der Waals surface area contributed by atoms with Crippen molar-refractivity contribution < 1.29 is 0 Å². The average molecular weight is 227 g/mol. The van der Waals surface area contributed by atoms with E-state index in [1.165, 1.54) is 10.1 Å². The van der Waals surface area contributed by atoms with Crippen molar-refractivity contribution >= 4 is 39.7 Å². The Morgan fingerprint density at radius 1 is 1.36 bits per heavy atom. The molecule has 0 saturated heterocycles. The third kappa shape index (κ3) is 1.61. The first kappa shape index (κ1) is 11.0. The molecule has 0 amide bonds. The fourth-order valence-electron chi connectivity index (χ4n) is 1.43. The predicted octanol–water partition coefficient (Wildman–Crippen LogP) is 2.92. The molecule has 2 rings (SSSR count). The van der Waals surface area contributed by atoms with E-state index in [-0.39, 0.29) is 18.2 Å². The molecule has 0 radical (unpaired) electrons. The maximum absolute atomic E-state index is 7.40. The van der Waals surface area contributed by atoms with Crippen molar-refractivity contribution in [2.45, 2.75) is 6.92 Å². The Morgan fingerprint density at radius 2 is 2.00 bits per heavy atom. The normalized spacial score (nSPS) is 9.79. The molecule has 3 N–H and O–H groups in total. The summed E-state index contributed by atoms with van der Waals surface area (Å²) in [4.78, 5) is 0.890. The van der Waals surface area contributed by atoms with E-state index in [0.29, 0.717) is 0 Å².